The third-order valence-electron chi connectivity index (χ3n) is 3.58. The van der Waals surface area contributed by atoms with Gasteiger partial charge < -0.3 is 4.74 Å². The minimum atomic E-state index is -0.150. The molecule has 0 spiro atoms. The van der Waals surface area contributed by atoms with E-state index in [1.807, 2.05) is 18.2 Å². The molecule has 0 N–H and O–H groups in total. The van der Waals surface area contributed by atoms with Gasteiger partial charge in [-0.1, -0.05) is 47.5 Å². The number of benzene rings is 2. The van der Waals surface area contributed by atoms with Crippen LogP contribution in [-0.4, -0.2) is 5.97 Å². The summed E-state index contributed by atoms with van der Waals surface area (Å²) in [6.45, 7) is 4.13. The third-order valence-corrected chi connectivity index (χ3v) is 3.58. The van der Waals surface area contributed by atoms with Crippen LogP contribution < -0.4 is 4.74 Å². The highest BCUT2D eigenvalue weighted by Crippen LogP contribution is 2.39. The fraction of sp³-hybridized carbons (Fsp3) is 0.235. The second-order valence-electron chi connectivity index (χ2n) is 5.19. The van der Waals surface area contributed by atoms with Gasteiger partial charge in [0.15, 0.2) is 0 Å². The van der Waals surface area contributed by atoms with Crippen molar-refractivity contribution in [2.45, 2.75) is 26.2 Å². The average molecular weight is 252 g/mol. The van der Waals surface area contributed by atoms with Gasteiger partial charge in [0.2, 0.25) is 0 Å². The van der Waals surface area contributed by atoms with E-state index in [1.165, 1.54) is 16.7 Å². The Hall–Kier alpha value is -2.09. The first-order chi connectivity index (χ1) is 9.13. The first-order valence-electron chi connectivity index (χ1n) is 6.51. The smallest absolute Gasteiger partial charge is 0.312 e. The van der Waals surface area contributed by atoms with E-state index in [0.717, 1.165) is 5.56 Å². The zero-order valence-electron chi connectivity index (χ0n) is 11.1. The van der Waals surface area contributed by atoms with Crippen molar-refractivity contribution in [1.82, 2.24) is 0 Å². The van der Waals surface area contributed by atoms with Gasteiger partial charge in [0.05, 0.1) is 6.42 Å². The molecular weight excluding hydrogens is 236 g/mol. The summed E-state index contributed by atoms with van der Waals surface area (Å²) in [4.78, 5) is 11.8. The van der Waals surface area contributed by atoms with Crippen molar-refractivity contribution < 1.29 is 9.53 Å². The van der Waals surface area contributed by atoms with Gasteiger partial charge in [0, 0.05) is 11.5 Å². The lowest BCUT2D eigenvalue weighted by molar-refractivity contribution is -0.135. The molecule has 96 valence electrons. The summed E-state index contributed by atoms with van der Waals surface area (Å²) in [5, 5.41) is 0. The summed E-state index contributed by atoms with van der Waals surface area (Å²) < 4.78 is 5.33. The maximum Gasteiger partial charge on any atom is 0.312 e. The number of hydrogen-bond donors (Lipinski definition) is 0. The predicted octanol–water partition coefficient (Wildman–Crippen LogP) is 3.74. The van der Waals surface area contributed by atoms with Gasteiger partial charge in [-0.05, 0) is 25.5 Å². The molecule has 1 aliphatic rings. The summed E-state index contributed by atoms with van der Waals surface area (Å²) in [5.41, 5.74) is 4.70. The van der Waals surface area contributed by atoms with Crippen LogP contribution in [0.2, 0.25) is 0 Å². The third kappa shape index (κ3) is 2.26. The van der Waals surface area contributed by atoms with Crippen molar-refractivity contribution in [2.24, 2.45) is 0 Å². The van der Waals surface area contributed by atoms with Gasteiger partial charge in [-0.3, -0.25) is 4.79 Å². The Bertz CT molecular complexity index is 643. The minimum Gasteiger partial charge on any atom is -0.426 e. The Balaban J connectivity index is 2.12. The minimum absolute atomic E-state index is 0.107. The molecule has 0 unspecified atom stereocenters. The Morgan fingerprint density at radius 1 is 1.05 bits per heavy atom. The molecule has 0 saturated carbocycles. The fourth-order valence-electron chi connectivity index (χ4n) is 2.66. The number of carbonyl (C=O) groups is 1. The van der Waals surface area contributed by atoms with Crippen LogP contribution in [0.4, 0.5) is 0 Å². The molecule has 1 atom stereocenters. The summed E-state index contributed by atoms with van der Waals surface area (Å²) in [6, 6.07) is 14.3. The van der Waals surface area contributed by atoms with Gasteiger partial charge in [-0.15, -0.1) is 0 Å². The Morgan fingerprint density at radius 2 is 1.84 bits per heavy atom. The number of rotatable bonds is 1. The largest absolute Gasteiger partial charge is 0.426 e. The normalized spacial score (nSPS) is 17.8. The van der Waals surface area contributed by atoms with Gasteiger partial charge in [0.1, 0.15) is 5.75 Å². The van der Waals surface area contributed by atoms with Crippen molar-refractivity contribution in [3.05, 3.63) is 64.7 Å². The van der Waals surface area contributed by atoms with E-state index in [2.05, 4.69) is 38.1 Å². The molecule has 0 aliphatic carbocycles. The van der Waals surface area contributed by atoms with Crippen molar-refractivity contribution in [3.63, 3.8) is 0 Å². The van der Waals surface area contributed by atoms with E-state index in [4.69, 9.17) is 4.74 Å². The highest BCUT2D eigenvalue weighted by molar-refractivity contribution is 5.77. The Morgan fingerprint density at radius 3 is 2.63 bits per heavy atom. The number of hydrogen-bond acceptors (Lipinski definition) is 2. The lowest BCUT2D eigenvalue weighted by Crippen LogP contribution is -2.21. The Kier molecular flexibility index (Phi) is 2.86. The van der Waals surface area contributed by atoms with Gasteiger partial charge in [0.25, 0.3) is 0 Å². The van der Waals surface area contributed by atoms with E-state index in [9.17, 15) is 4.79 Å². The van der Waals surface area contributed by atoms with Crippen LogP contribution in [0.15, 0.2) is 42.5 Å². The molecular formula is C17H16O2. The van der Waals surface area contributed by atoms with Crippen LogP contribution in [-0.2, 0) is 4.79 Å². The molecule has 19 heavy (non-hydrogen) atoms. The van der Waals surface area contributed by atoms with E-state index in [0.29, 0.717) is 12.2 Å². The van der Waals surface area contributed by atoms with Crippen LogP contribution in [0.5, 0.6) is 5.75 Å². The highest BCUT2D eigenvalue weighted by atomic mass is 16.5. The molecule has 1 aliphatic heterocycles. The van der Waals surface area contributed by atoms with Crippen LogP contribution in [0.1, 0.15) is 34.6 Å². The number of aryl methyl sites for hydroxylation is 2. The maximum atomic E-state index is 11.8. The standard InChI is InChI=1S/C17H16O2/c1-11-4-3-5-13(8-11)14-10-17(18)19-16-7-6-12(2)9-15(14)16/h3-9,14H,10H2,1-2H3/t14-/m1/s1. The summed E-state index contributed by atoms with van der Waals surface area (Å²) in [7, 11) is 0. The number of fused-ring (bicyclic) bond motifs is 1. The molecule has 2 aromatic carbocycles. The van der Waals surface area contributed by atoms with E-state index < -0.39 is 0 Å². The van der Waals surface area contributed by atoms with Crippen molar-refractivity contribution in [1.29, 1.82) is 0 Å². The van der Waals surface area contributed by atoms with Gasteiger partial charge in [-0.25, -0.2) is 0 Å². The summed E-state index contributed by atoms with van der Waals surface area (Å²) >= 11 is 0. The maximum absolute atomic E-state index is 11.8. The van der Waals surface area contributed by atoms with Crippen LogP contribution in [0, 0.1) is 13.8 Å². The second kappa shape index (κ2) is 4.54. The van der Waals surface area contributed by atoms with Gasteiger partial charge in [-0.2, -0.15) is 0 Å². The molecule has 2 nitrogen and oxygen atoms in total. The molecule has 0 fully saturated rings. The molecule has 2 heteroatoms. The number of ether oxygens (including phenoxy) is 1. The van der Waals surface area contributed by atoms with Crippen LogP contribution in [0.3, 0.4) is 0 Å². The molecule has 1 heterocycles. The molecule has 2 aromatic rings. The quantitative estimate of drug-likeness (QED) is 0.571. The molecule has 0 saturated heterocycles. The lowest BCUT2D eigenvalue weighted by Gasteiger charge is -2.25. The van der Waals surface area contributed by atoms with Gasteiger partial charge >= 0.3 is 5.97 Å². The number of esters is 1. The molecule has 3 rings (SSSR count). The van der Waals surface area contributed by atoms with Crippen molar-refractivity contribution in [3.8, 4) is 5.75 Å². The first-order valence-corrected chi connectivity index (χ1v) is 6.51. The molecule has 0 radical (unpaired) electrons. The first kappa shape index (κ1) is 12.0. The zero-order chi connectivity index (χ0) is 13.4. The van der Waals surface area contributed by atoms with Crippen LogP contribution >= 0.6 is 0 Å². The SMILES string of the molecule is Cc1cccc([C@H]2CC(=O)Oc3ccc(C)cc32)c1. The zero-order valence-corrected chi connectivity index (χ0v) is 11.1. The monoisotopic (exact) mass is 252 g/mol. The van der Waals surface area contributed by atoms with E-state index in [1.54, 1.807) is 0 Å². The Labute approximate surface area is 113 Å². The lowest BCUT2D eigenvalue weighted by atomic mass is 9.85. The number of carbonyl (C=O) groups excluding carboxylic acids is 1. The molecule has 0 bridgehead atoms. The van der Waals surface area contributed by atoms with E-state index >= 15 is 0 Å². The molecule has 0 aromatic heterocycles. The summed E-state index contributed by atoms with van der Waals surface area (Å²) in [6.07, 6.45) is 0.417. The van der Waals surface area contributed by atoms with Crippen molar-refractivity contribution >= 4 is 5.97 Å². The highest BCUT2D eigenvalue weighted by Gasteiger charge is 2.28. The molecule has 0 amide bonds. The predicted molar refractivity (Wildman–Crippen MR) is 74.5 cm³/mol. The topological polar surface area (TPSA) is 26.3 Å². The van der Waals surface area contributed by atoms with Crippen LogP contribution in [0.25, 0.3) is 0 Å². The van der Waals surface area contributed by atoms with Crippen molar-refractivity contribution in [2.75, 3.05) is 0 Å². The second-order valence-corrected chi connectivity index (χ2v) is 5.19. The van der Waals surface area contributed by atoms with E-state index in [-0.39, 0.29) is 11.9 Å². The summed E-state index contributed by atoms with van der Waals surface area (Å²) in [5.74, 6) is 0.660. The average Bonchev–Trinajstić information content (AvgIpc) is 2.38. The fourth-order valence-corrected chi connectivity index (χ4v) is 2.66.